The van der Waals surface area contributed by atoms with Crippen LogP contribution in [0.2, 0.25) is 5.02 Å². The van der Waals surface area contributed by atoms with Gasteiger partial charge in [-0.1, -0.05) is 23.7 Å². The van der Waals surface area contributed by atoms with Crippen molar-refractivity contribution in [3.8, 4) is 0 Å². The van der Waals surface area contributed by atoms with Gasteiger partial charge in [-0.25, -0.2) is 0 Å². The van der Waals surface area contributed by atoms with Gasteiger partial charge in [-0.15, -0.1) is 0 Å². The van der Waals surface area contributed by atoms with Gasteiger partial charge in [0.05, 0.1) is 12.5 Å². The lowest BCUT2D eigenvalue weighted by Gasteiger charge is -2.26. The fourth-order valence-corrected chi connectivity index (χ4v) is 3.47. The lowest BCUT2D eigenvalue weighted by Crippen LogP contribution is -2.38. The summed E-state index contributed by atoms with van der Waals surface area (Å²) in [6, 6.07) is 7.64. The molecule has 0 aromatic heterocycles. The molecule has 1 N–H and O–H groups in total. The second kappa shape index (κ2) is 8.49. The highest BCUT2D eigenvalue weighted by molar-refractivity contribution is 6.30. The summed E-state index contributed by atoms with van der Waals surface area (Å²) in [5, 5.41) is 9.57. The second-order valence-corrected chi connectivity index (χ2v) is 6.93. The minimum atomic E-state index is -0.816. The fourth-order valence-electron chi connectivity index (χ4n) is 3.27. The number of likely N-dealkylation sites (tertiary alicyclic amines) is 1. The number of rotatable bonds is 5. The zero-order valence-corrected chi connectivity index (χ0v) is 15.0. The van der Waals surface area contributed by atoms with E-state index in [1.54, 1.807) is 6.07 Å². The van der Waals surface area contributed by atoms with Crippen LogP contribution in [0.25, 0.3) is 0 Å². The van der Waals surface area contributed by atoms with Gasteiger partial charge < -0.3 is 10.0 Å². The molecule has 1 heterocycles. The molecule has 2 unspecified atom stereocenters. The summed E-state index contributed by atoms with van der Waals surface area (Å²) in [6.07, 6.45) is 2.61. The van der Waals surface area contributed by atoms with Crippen molar-refractivity contribution in [2.75, 3.05) is 26.7 Å². The molecule has 0 saturated carbocycles. The molecule has 2 rings (SSSR count). The van der Waals surface area contributed by atoms with Crippen molar-refractivity contribution in [2.24, 2.45) is 0 Å². The topological polar surface area (TPSA) is 60.9 Å². The average molecular weight is 353 g/mol. The Balaban J connectivity index is 1.97. The minimum Gasteiger partial charge on any atom is -0.480 e. The van der Waals surface area contributed by atoms with E-state index < -0.39 is 5.97 Å². The zero-order chi connectivity index (χ0) is 17.7. The number of carboxylic acids is 1. The quantitative estimate of drug-likeness (QED) is 0.885. The van der Waals surface area contributed by atoms with E-state index in [9.17, 15) is 9.59 Å². The van der Waals surface area contributed by atoms with Gasteiger partial charge in [-0.3, -0.25) is 14.5 Å². The normalized spacial score (nSPS) is 19.8. The van der Waals surface area contributed by atoms with Crippen molar-refractivity contribution in [1.29, 1.82) is 0 Å². The second-order valence-electron chi connectivity index (χ2n) is 6.50. The number of carboxylic acid groups (broad SMARTS) is 1. The fraction of sp³-hybridized carbons (Fsp3) is 0.556. The maximum Gasteiger partial charge on any atom is 0.317 e. The molecule has 1 fully saturated rings. The number of carbonyl (C=O) groups is 2. The third kappa shape index (κ3) is 4.95. The van der Waals surface area contributed by atoms with Crippen molar-refractivity contribution in [3.63, 3.8) is 0 Å². The van der Waals surface area contributed by atoms with Gasteiger partial charge in [-0.2, -0.15) is 0 Å². The Morgan fingerprint density at radius 2 is 2.12 bits per heavy atom. The molecule has 0 bridgehead atoms. The molecule has 1 saturated heterocycles. The number of hydrogen-bond acceptors (Lipinski definition) is 3. The standard InChI is InChI=1S/C18H25ClN2O3/c1-13(14-5-3-6-15(19)11-14)18(24)21-9-4-7-16(8-10-21)20(2)12-17(22)23/h3,5-6,11,13,16H,4,7-10,12H2,1-2H3,(H,22,23). The molecular formula is C18H25ClN2O3. The van der Waals surface area contributed by atoms with Gasteiger partial charge in [0.2, 0.25) is 5.91 Å². The Kier molecular flexibility index (Phi) is 6.63. The Bertz CT molecular complexity index is 593. The molecule has 1 aromatic rings. The van der Waals surface area contributed by atoms with E-state index in [4.69, 9.17) is 16.7 Å². The number of likely N-dealkylation sites (N-methyl/N-ethyl adjacent to an activating group) is 1. The Hall–Kier alpha value is -1.59. The number of aliphatic carboxylic acids is 1. The van der Waals surface area contributed by atoms with Crippen LogP contribution in [0.5, 0.6) is 0 Å². The molecule has 0 aliphatic carbocycles. The maximum absolute atomic E-state index is 12.8. The number of halogens is 1. The number of benzene rings is 1. The van der Waals surface area contributed by atoms with Crippen molar-refractivity contribution in [2.45, 2.75) is 38.1 Å². The van der Waals surface area contributed by atoms with Crippen molar-refractivity contribution in [3.05, 3.63) is 34.9 Å². The molecule has 1 amide bonds. The van der Waals surface area contributed by atoms with E-state index >= 15 is 0 Å². The van der Waals surface area contributed by atoms with Crippen LogP contribution >= 0.6 is 11.6 Å². The largest absolute Gasteiger partial charge is 0.480 e. The first-order valence-electron chi connectivity index (χ1n) is 8.34. The first-order chi connectivity index (χ1) is 11.4. The van der Waals surface area contributed by atoms with Crippen LogP contribution in [0.4, 0.5) is 0 Å². The van der Waals surface area contributed by atoms with Crippen LogP contribution in [-0.4, -0.2) is 59.5 Å². The minimum absolute atomic E-state index is 0.0392. The number of carbonyl (C=O) groups excluding carboxylic acids is 1. The molecule has 2 atom stereocenters. The Morgan fingerprint density at radius 3 is 2.79 bits per heavy atom. The predicted molar refractivity (Wildman–Crippen MR) is 94.4 cm³/mol. The van der Waals surface area contributed by atoms with E-state index in [0.29, 0.717) is 11.6 Å². The molecule has 132 valence electrons. The van der Waals surface area contributed by atoms with Crippen LogP contribution < -0.4 is 0 Å². The summed E-state index contributed by atoms with van der Waals surface area (Å²) in [5.74, 6) is -0.930. The highest BCUT2D eigenvalue weighted by Gasteiger charge is 2.27. The Labute approximate surface area is 148 Å². The third-order valence-corrected chi connectivity index (χ3v) is 4.97. The average Bonchev–Trinajstić information content (AvgIpc) is 2.79. The molecule has 1 aromatic carbocycles. The molecule has 24 heavy (non-hydrogen) atoms. The summed E-state index contributed by atoms with van der Waals surface area (Å²) in [6.45, 7) is 3.34. The van der Waals surface area contributed by atoms with Crippen LogP contribution in [0, 0.1) is 0 Å². The predicted octanol–water partition coefficient (Wildman–Crippen LogP) is 2.84. The van der Waals surface area contributed by atoms with Crippen molar-refractivity contribution < 1.29 is 14.7 Å². The van der Waals surface area contributed by atoms with E-state index in [-0.39, 0.29) is 24.4 Å². The van der Waals surface area contributed by atoms with E-state index in [2.05, 4.69) is 0 Å². The zero-order valence-electron chi connectivity index (χ0n) is 14.2. The van der Waals surface area contributed by atoms with Crippen LogP contribution in [0.3, 0.4) is 0 Å². The lowest BCUT2D eigenvalue weighted by atomic mass is 9.99. The molecule has 1 aliphatic heterocycles. The van der Waals surface area contributed by atoms with Gasteiger partial charge >= 0.3 is 5.97 Å². The first kappa shape index (κ1) is 18.7. The number of hydrogen-bond donors (Lipinski definition) is 1. The van der Waals surface area contributed by atoms with Crippen molar-refractivity contribution >= 4 is 23.5 Å². The van der Waals surface area contributed by atoms with Gasteiger partial charge in [0.25, 0.3) is 0 Å². The lowest BCUT2D eigenvalue weighted by molar-refractivity contribution is -0.138. The first-order valence-corrected chi connectivity index (χ1v) is 8.72. The summed E-state index contributed by atoms with van der Waals surface area (Å²) >= 11 is 6.02. The van der Waals surface area contributed by atoms with Crippen LogP contribution in [0.1, 0.15) is 37.7 Å². The molecule has 0 radical (unpaired) electrons. The van der Waals surface area contributed by atoms with Gasteiger partial charge in [0, 0.05) is 24.2 Å². The highest BCUT2D eigenvalue weighted by Crippen LogP contribution is 2.24. The molecular weight excluding hydrogens is 328 g/mol. The van der Waals surface area contributed by atoms with Crippen molar-refractivity contribution in [1.82, 2.24) is 9.80 Å². The SMILES string of the molecule is CC(C(=O)N1CCCC(N(C)CC(=O)O)CC1)c1cccc(Cl)c1. The maximum atomic E-state index is 12.8. The molecule has 0 spiro atoms. The summed E-state index contributed by atoms with van der Waals surface area (Å²) in [4.78, 5) is 27.4. The Morgan fingerprint density at radius 1 is 1.38 bits per heavy atom. The van der Waals surface area contributed by atoms with Crippen LogP contribution in [0.15, 0.2) is 24.3 Å². The van der Waals surface area contributed by atoms with Gasteiger partial charge in [-0.05, 0) is 50.9 Å². The molecule has 6 heteroatoms. The molecule has 1 aliphatic rings. The van der Waals surface area contributed by atoms with Crippen LogP contribution in [-0.2, 0) is 9.59 Å². The van der Waals surface area contributed by atoms with Gasteiger partial charge in [0.15, 0.2) is 0 Å². The van der Waals surface area contributed by atoms with E-state index in [0.717, 1.165) is 31.4 Å². The smallest absolute Gasteiger partial charge is 0.317 e. The van der Waals surface area contributed by atoms with Gasteiger partial charge in [0.1, 0.15) is 0 Å². The number of amides is 1. The highest BCUT2D eigenvalue weighted by atomic mass is 35.5. The monoisotopic (exact) mass is 352 g/mol. The summed E-state index contributed by atoms with van der Waals surface area (Å²) < 4.78 is 0. The summed E-state index contributed by atoms with van der Waals surface area (Å²) in [7, 11) is 1.84. The summed E-state index contributed by atoms with van der Waals surface area (Å²) in [5.41, 5.74) is 0.927. The van der Waals surface area contributed by atoms with E-state index in [1.165, 1.54) is 0 Å². The number of nitrogens with zero attached hydrogens (tertiary/aromatic N) is 2. The van der Waals surface area contributed by atoms with E-state index in [1.807, 2.05) is 42.0 Å². The molecule has 5 nitrogen and oxygen atoms in total. The third-order valence-electron chi connectivity index (χ3n) is 4.74.